The van der Waals surface area contributed by atoms with Gasteiger partial charge in [0.25, 0.3) is 5.79 Å². The van der Waals surface area contributed by atoms with Gasteiger partial charge in [-0.3, -0.25) is 24.0 Å². The molecule has 0 aromatic rings. The molecular weight excluding hydrogens is 1790 g/mol. The Morgan fingerprint density at radius 1 is 0.328 bits per heavy atom. The molecule has 58 nitrogen and oxygen atoms in total. The van der Waals surface area contributed by atoms with Gasteiger partial charge in [0.2, 0.25) is 29.5 Å². The average molecular weight is 1920 g/mol. The Hall–Kier alpha value is -5.02. The van der Waals surface area contributed by atoms with Crippen molar-refractivity contribution in [2.75, 3.05) is 59.5 Å². The third-order valence-electron chi connectivity index (χ3n) is 23.8. The Morgan fingerprint density at radius 2 is 0.679 bits per heavy atom. The lowest BCUT2D eigenvalue weighted by Crippen LogP contribution is -2.71. The molecule has 10 rings (SSSR count). The molecule has 10 saturated heterocycles. The van der Waals surface area contributed by atoms with E-state index in [2.05, 4.69) is 26.6 Å². The van der Waals surface area contributed by atoms with Crippen molar-refractivity contribution in [2.24, 2.45) is 0 Å². The SMILES string of the molecule is CC(=O)N[C@@H]1[C@H](O[C@@H]2[C@@H](O[C@@H]3[C@H](O)[C@H](O[C@H]4[C@H](O)[C@@H](NC(C)=O)[C@H](O[C@H]5[C@H](O)[C@@H](NC(C)=O)[C@H](O)O[C@@H]5CO[C@@H]5O[C@@H](C)[C@@H](O)[C@@H](O)[C@@H]5O)O[C@@H]4CO)O[C@H](CO[C@H]4O[C@H](CO)[C@@H](O)[C@H](O)[C@@H]4O[C@@H]4O[C@H](CO)[C@@H](O)[C@H](O)[C@H]4NC(C)=O)[C@H]3O)O[C@H](CO)[C@@H](O)[C@@H]2O)O[C@H](CO)[C@@H](O[C@@H]2O[C@H](CO[C@]3(C(=O)O)C[C@H](O)[C@@H](NC(C)=O)[C@H]([C@H](O)[C@H](O)CO)O3)[C@H](O)[C@H](O)[C@H]2O)[C@@H]1O. The molecule has 0 saturated carbocycles. The van der Waals surface area contributed by atoms with Gasteiger partial charge in [-0.15, -0.1) is 0 Å². The van der Waals surface area contributed by atoms with Gasteiger partial charge in [-0.2, -0.15) is 0 Å². The van der Waals surface area contributed by atoms with Crippen LogP contribution < -0.4 is 26.6 Å². The van der Waals surface area contributed by atoms with E-state index in [1.807, 2.05) is 0 Å². The second-order valence-corrected chi connectivity index (χ2v) is 33.2. The number of aliphatic hydroxyl groups excluding tert-OH is 27. The van der Waals surface area contributed by atoms with Gasteiger partial charge in [-0.25, -0.2) is 4.79 Å². The summed E-state index contributed by atoms with van der Waals surface area (Å²) >= 11 is 0. The predicted octanol–water partition coefficient (Wildman–Crippen LogP) is -21.9. The number of carbonyl (C=O) groups excluding carboxylic acids is 5. The number of hydrogen-bond acceptors (Lipinski definition) is 52. The minimum absolute atomic E-state index is 0.851. The number of aliphatic hydroxyl groups is 27. The van der Waals surface area contributed by atoms with E-state index >= 15 is 0 Å². The number of rotatable bonds is 35. The van der Waals surface area contributed by atoms with E-state index in [1.165, 1.54) is 6.92 Å². The van der Waals surface area contributed by atoms with Crippen LogP contribution in [0.1, 0.15) is 48.0 Å². The number of amides is 5. The van der Waals surface area contributed by atoms with Crippen molar-refractivity contribution in [3.05, 3.63) is 0 Å². The third kappa shape index (κ3) is 24.3. The van der Waals surface area contributed by atoms with Gasteiger partial charge in [-0.1, -0.05) is 0 Å². The van der Waals surface area contributed by atoms with Crippen molar-refractivity contribution < 1.29 is 262 Å². The number of hydrogen-bond donors (Lipinski definition) is 33. The van der Waals surface area contributed by atoms with Crippen LogP contribution in [0, 0.1) is 0 Å². The van der Waals surface area contributed by atoms with Crippen molar-refractivity contribution >= 4 is 35.5 Å². The fourth-order valence-corrected chi connectivity index (χ4v) is 16.8. The van der Waals surface area contributed by atoms with E-state index in [-0.39, 0.29) is 0 Å². The monoisotopic (exact) mass is 1920 g/mol. The van der Waals surface area contributed by atoms with Crippen LogP contribution in [0.5, 0.6) is 0 Å². The highest BCUT2D eigenvalue weighted by Crippen LogP contribution is 2.42. The third-order valence-corrected chi connectivity index (χ3v) is 23.8. The smallest absolute Gasteiger partial charge is 0.364 e. The zero-order chi connectivity index (χ0) is 96.9. The molecule has 131 heavy (non-hydrogen) atoms. The highest BCUT2D eigenvalue weighted by atomic mass is 16.8. The number of ether oxygens (including phenoxy) is 19. The number of carboxylic acid groups (broad SMARTS) is 1. The van der Waals surface area contributed by atoms with Gasteiger partial charge >= 0.3 is 5.97 Å². The second kappa shape index (κ2) is 46.6. The fraction of sp³-hybridized carbons (Fsp3) is 0.918. The molecule has 33 N–H and O–H groups in total. The van der Waals surface area contributed by atoms with Gasteiger partial charge in [0, 0.05) is 41.0 Å². The van der Waals surface area contributed by atoms with Crippen molar-refractivity contribution in [1.29, 1.82) is 0 Å². The molecule has 0 spiro atoms. The van der Waals surface area contributed by atoms with Gasteiger partial charge < -0.3 is 260 Å². The molecule has 10 fully saturated rings. The van der Waals surface area contributed by atoms with E-state index in [4.69, 9.17) is 90.0 Å². The molecule has 10 aliphatic heterocycles. The fourth-order valence-electron chi connectivity index (χ4n) is 16.8. The number of nitrogens with one attached hydrogen (secondary N) is 5. The van der Waals surface area contributed by atoms with Gasteiger partial charge in [0.1, 0.15) is 232 Å². The molecule has 58 heteroatoms. The molecule has 756 valence electrons. The number of carbonyl (C=O) groups is 6. The Morgan fingerprint density at radius 3 is 1.16 bits per heavy atom. The van der Waals surface area contributed by atoms with E-state index < -0.39 is 414 Å². The molecule has 51 atom stereocenters. The Bertz CT molecular complexity index is 3670. The molecule has 0 aliphatic carbocycles. The first-order valence-corrected chi connectivity index (χ1v) is 41.6. The molecule has 0 aromatic heterocycles. The van der Waals surface area contributed by atoms with Gasteiger partial charge in [-0.05, 0) is 6.92 Å². The van der Waals surface area contributed by atoms with Crippen LogP contribution in [0.3, 0.4) is 0 Å². The van der Waals surface area contributed by atoms with Gasteiger partial charge in [0.05, 0.1) is 77.7 Å². The molecule has 10 heterocycles. The Kier molecular flexibility index (Phi) is 38.4. The van der Waals surface area contributed by atoms with Crippen LogP contribution in [0.4, 0.5) is 0 Å². The first-order valence-electron chi connectivity index (χ1n) is 41.6. The summed E-state index contributed by atoms with van der Waals surface area (Å²) in [6.45, 7) is -4.47. The highest BCUT2D eigenvalue weighted by molar-refractivity contribution is 5.77. The average Bonchev–Trinajstić information content (AvgIpc) is 0.757. The Balaban J connectivity index is 0.960. The van der Waals surface area contributed by atoms with Crippen molar-refractivity contribution in [3.8, 4) is 0 Å². The summed E-state index contributed by atoms with van der Waals surface area (Å²) in [5.41, 5.74) is 0. The zero-order valence-corrected chi connectivity index (χ0v) is 70.7. The van der Waals surface area contributed by atoms with Gasteiger partial charge in [0.15, 0.2) is 56.6 Å². The van der Waals surface area contributed by atoms with E-state index in [9.17, 15) is 172 Å². The first-order chi connectivity index (χ1) is 61.7. The maximum atomic E-state index is 13.3. The first kappa shape index (κ1) is 108. The molecule has 0 radical (unpaired) electrons. The number of carboxylic acids is 1. The van der Waals surface area contributed by atoms with Crippen LogP contribution >= 0.6 is 0 Å². The van der Waals surface area contributed by atoms with E-state index in [0.717, 1.165) is 34.6 Å². The highest BCUT2D eigenvalue weighted by Gasteiger charge is 2.63. The second-order valence-electron chi connectivity index (χ2n) is 33.2. The molecule has 0 bridgehead atoms. The summed E-state index contributed by atoms with van der Waals surface area (Å²) < 4.78 is 113. The zero-order valence-electron chi connectivity index (χ0n) is 70.7. The molecular formula is C73H121N5O53. The lowest BCUT2D eigenvalue weighted by atomic mass is 9.88. The minimum atomic E-state index is -3.11. The molecule has 0 aromatic carbocycles. The summed E-state index contributed by atoms with van der Waals surface area (Å²) in [5.74, 6) is -9.81. The van der Waals surface area contributed by atoms with Crippen molar-refractivity contribution in [1.82, 2.24) is 26.6 Å². The largest absolute Gasteiger partial charge is 0.477 e. The van der Waals surface area contributed by atoms with Crippen molar-refractivity contribution in [3.63, 3.8) is 0 Å². The minimum Gasteiger partial charge on any atom is -0.477 e. The van der Waals surface area contributed by atoms with Crippen LogP contribution in [0.25, 0.3) is 0 Å². The molecule has 0 unspecified atom stereocenters. The van der Waals surface area contributed by atoms with E-state index in [1.54, 1.807) is 0 Å². The Labute approximate surface area is 741 Å². The van der Waals surface area contributed by atoms with Crippen molar-refractivity contribution in [2.45, 2.75) is 360 Å². The maximum Gasteiger partial charge on any atom is 0.364 e. The normalized spacial score (nSPS) is 47.5. The predicted molar refractivity (Wildman–Crippen MR) is 403 cm³/mol. The maximum absolute atomic E-state index is 13.3. The van der Waals surface area contributed by atoms with E-state index in [0.29, 0.717) is 0 Å². The quantitative estimate of drug-likeness (QED) is 0.0280. The van der Waals surface area contributed by atoms with Crippen LogP contribution in [-0.4, -0.2) is 550 Å². The summed E-state index contributed by atoms with van der Waals surface area (Å²) in [4.78, 5) is 76.7. The topological polar surface area (TPSA) is 904 Å². The summed E-state index contributed by atoms with van der Waals surface area (Å²) in [5, 5.41) is 326. The molecule has 5 amide bonds. The van der Waals surface area contributed by atoms with Crippen LogP contribution in [-0.2, 0) is 119 Å². The summed E-state index contributed by atoms with van der Waals surface area (Å²) in [7, 11) is 0. The number of aliphatic carboxylic acids is 1. The summed E-state index contributed by atoms with van der Waals surface area (Å²) in [6, 6.07) is -9.40. The van der Waals surface area contributed by atoms with Crippen LogP contribution in [0.15, 0.2) is 0 Å². The lowest BCUT2D eigenvalue weighted by Gasteiger charge is -2.51. The molecule has 10 aliphatic rings. The summed E-state index contributed by atoms with van der Waals surface area (Å²) in [6.07, 6.45) is -97.5. The lowest BCUT2D eigenvalue weighted by molar-refractivity contribution is -0.399. The van der Waals surface area contributed by atoms with Crippen LogP contribution in [0.2, 0.25) is 0 Å². The standard InChI is InChI=1S/C73H121N5O53/c1-17-38(92)49(103)53(107)67(116-17)113-15-32-58(46(100)34(63(110)117-32)75-19(3)86)125-65-36(77-21(5)88)47(101)57(29(13-84)121-65)127-69-55(109)60(44(98)30(123-69)14-114-70-61(51(105)41(95)26(10-81)119-70)129-64-35(76-20(4)87)45(99)40(94)25(9-80)118-64)128-71-62(52(106)42(96)27(11-82)120-71)130-66-37(78-22(6)89)48(102)56(28(12-83)122-66)126-68-54(108)50(104)43(97)31(124-68)16-115-73(72(111)112)7-23(90)33(74-18(2)85)59(131-73)39(93)24(91)8-79/h17,23-71,79-84,90-110H,7-16H2,1-6H3,(H,74,85)(H,75,86)(H,76,87)(H,77,88)(H,78,89)(H,111,112)/t17-,23-,24+,25+,26+,27+,28+,29+,30+,31+,32+,33+,34+,35+,36+,37-,38+,39+,40+,41+,42+,43-,44+,45+,46+,47+,48+,49+,50-,51-,52-,53-,54+,55-,56+,57+,58+,59+,60-,61-,62-,63+,64-,65-,66-,67+,68-,69-,70-,71+,73+/m0/s1.